The van der Waals surface area contributed by atoms with Crippen LogP contribution in [-0.4, -0.2) is 19.1 Å². The van der Waals surface area contributed by atoms with Crippen LogP contribution in [-0.2, 0) is 17.8 Å². The van der Waals surface area contributed by atoms with Gasteiger partial charge in [-0.05, 0) is 37.9 Å². The highest BCUT2D eigenvalue weighted by molar-refractivity contribution is 7.15. The van der Waals surface area contributed by atoms with Crippen LogP contribution >= 0.6 is 11.3 Å². The Labute approximate surface area is 124 Å². The van der Waals surface area contributed by atoms with Gasteiger partial charge in [-0.1, -0.05) is 18.2 Å². The smallest absolute Gasteiger partial charge is 0.123 e. The van der Waals surface area contributed by atoms with Gasteiger partial charge in [-0.2, -0.15) is 0 Å². The molecule has 0 radical (unpaired) electrons. The first kappa shape index (κ1) is 13.7. The molecule has 1 unspecified atom stereocenters. The van der Waals surface area contributed by atoms with Gasteiger partial charge in [0.15, 0.2) is 0 Å². The van der Waals surface area contributed by atoms with E-state index in [9.17, 15) is 0 Å². The molecule has 106 valence electrons. The van der Waals surface area contributed by atoms with E-state index in [1.807, 2.05) is 18.4 Å². The topological polar surface area (TPSA) is 34.2 Å². The van der Waals surface area contributed by atoms with E-state index in [0.29, 0.717) is 12.6 Å². The third-order valence-corrected chi connectivity index (χ3v) is 5.04. The van der Waals surface area contributed by atoms with Crippen LogP contribution in [0.5, 0.6) is 0 Å². The molecule has 1 aromatic carbocycles. The molecular formula is C16H20N2OS. The first-order chi connectivity index (χ1) is 9.81. The lowest BCUT2D eigenvalue weighted by Crippen LogP contribution is -2.19. The molecule has 3 rings (SSSR count). The number of thiazole rings is 1. The van der Waals surface area contributed by atoms with Gasteiger partial charge < -0.3 is 10.1 Å². The Morgan fingerprint density at radius 3 is 3.15 bits per heavy atom. The maximum atomic E-state index is 5.21. The molecule has 1 aromatic heterocycles. The van der Waals surface area contributed by atoms with Gasteiger partial charge in [0.05, 0.1) is 12.3 Å². The van der Waals surface area contributed by atoms with Gasteiger partial charge in [-0.3, -0.25) is 0 Å². The lowest BCUT2D eigenvalue weighted by Gasteiger charge is -2.19. The van der Waals surface area contributed by atoms with Crippen LogP contribution in [0.1, 0.15) is 35.0 Å². The number of nitrogens with one attached hydrogen (secondary N) is 1. The predicted octanol–water partition coefficient (Wildman–Crippen LogP) is 3.55. The Morgan fingerprint density at radius 1 is 1.45 bits per heavy atom. The van der Waals surface area contributed by atoms with Crippen LogP contribution < -0.4 is 5.32 Å². The van der Waals surface area contributed by atoms with Crippen molar-refractivity contribution in [3.8, 4) is 10.6 Å². The Kier molecular flexibility index (Phi) is 4.15. The lowest BCUT2D eigenvalue weighted by atomic mass is 9.98. The molecule has 20 heavy (non-hydrogen) atoms. The second-order valence-corrected chi connectivity index (χ2v) is 6.23. The second-order valence-electron chi connectivity index (χ2n) is 5.20. The number of rotatable bonds is 4. The van der Waals surface area contributed by atoms with E-state index < -0.39 is 0 Å². The minimum Gasteiger partial charge on any atom is -0.380 e. The molecule has 1 aliphatic carbocycles. The van der Waals surface area contributed by atoms with Crippen molar-refractivity contribution < 1.29 is 4.74 Å². The molecule has 0 saturated heterocycles. The van der Waals surface area contributed by atoms with Crippen molar-refractivity contribution in [2.45, 2.75) is 31.9 Å². The molecular weight excluding hydrogens is 268 g/mol. The number of hydrogen-bond donors (Lipinski definition) is 1. The minimum absolute atomic E-state index is 0.479. The van der Waals surface area contributed by atoms with Crippen molar-refractivity contribution in [1.82, 2.24) is 10.3 Å². The standard InChI is InChI=1S/C16H20N2OS/c1-17-13-7-4-8-14-15(13)20-16(18-14)12-6-3-5-11(9-12)10-19-2/h3,5-6,9,13,17H,4,7-8,10H2,1-2H3. The Bertz CT molecular complexity index is 594. The zero-order valence-corrected chi connectivity index (χ0v) is 12.8. The lowest BCUT2D eigenvalue weighted by molar-refractivity contribution is 0.185. The summed E-state index contributed by atoms with van der Waals surface area (Å²) in [5, 5.41) is 4.54. The van der Waals surface area contributed by atoms with E-state index in [-0.39, 0.29) is 0 Å². The Morgan fingerprint density at radius 2 is 2.35 bits per heavy atom. The fraction of sp³-hybridized carbons (Fsp3) is 0.438. The van der Waals surface area contributed by atoms with Gasteiger partial charge >= 0.3 is 0 Å². The van der Waals surface area contributed by atoms with Crippen LogP contribution in [0, 0.1) is 0 Å². The van der Waals surface area contributed by atoms with Gasteiger partial charge in [0, 0.05) is 23.6 Å². The molecule has 1 heterocycles. The molecule has 1 N–H and O–H groups in total. The summed E-state index contributed by atoms with van der Waals surface area (Å²) in [7, 11) is 3.77. The van der Waals surface area contributed by atoms with Crippen molar-refractivity contribution in [1.29, 1.82) is 0 Å². The van der Waals surface area contributed by atoms with Gasteiger partial charge in [0.1, 0.15) is 5.01 Å². The Balaban J connectivity index is 1.95. The minimum atomic E-state index is 0.479. The molecule has 4 heteroatoms. The second kappa shape index (κ2) is 6.04. The monoisotopic (exact) mass is 288 g/mol. The van der Waals surface area contributed by atoms with E-state index in [1.165, 1.54) is 34.5 Å². The highest BCUT2D eigenvalue weighted by atomic mass is 32.1. The summed E-state index contributed by atoms with van der Waals surface area (Å²) in [5.74, 6) is 0. The van der Waals surface area contributed by atoms with E-state index in [2.05, 4.69) is 29.6 Å². The van der Waals surface area contributed by atoms with Crippen molar-refractivity contribution in [2.24, 2.45) is 0 Å². The van der Waals surface area contributed by atoms with E-state index >= 15 is 0 Å². The highest BCUT2D eigenvalue weighted by Gasteiger charge is 2.23. The summed E-state index contributed by atoms with van der Waals surface area (Å²) >= 11 is 1.83. The summed E-state index contributed by atoms with van der Waals surface area (Å²) < 4.78 is 5.21. The molecule has 0 aliphatic heterocycles. The molecule has 3 nitrogen and oxygen atoms in total. The summed E-state index contributed by atoms with van der Waals surface area (Å²) in [6, 6.07) is 8.98. The third-order valence-electron chi connectivity index (χ3n) is 3.78. The van der Waals surface area contributed by atoms with Gasteiger partial charge in [0.25, 0.3) is 0 Å². The number of benzene rings is 1. The molecule has 0 bridgehead atoms. The van der Waals surface area contributed by atoms with E-state index in [0.717, 1.165) is 11.4 Å². The van der Waals surface area contributed by atoms with Crippen molar-refractivity contribution in [3.05, 3.63) is 40.4 Å². The predicted molar refractivity (Wildman–Crippen MR) is 83.0 cm³/mol. The van der Waals surface area contributed by atoms with Gasteiger partial charge in [0.2, 0.25) is 0 Å². The number of hydrogen-bond acceptors (Lipinski definition) is 4. The van der Waals surface area contributed by atoms with Crippen LogP contribution in [0.3, 0.4) is 0 Å². The summed E-state index contributed by atoms with van der Waals surface area (Å²) in [5.41, 5.74) is 3.69. The molecule has 0 spiro atoms. The average molecular weight is 288 g/mol. The summed E-state index contributed by atoms with van der Waals surface area (Å²) in [6.45, 7) is 0.651. The maximum Gasteiger partial charge on any atom is 0.123 e. The quantitative estimate of drug-likeness (QED) is 0.934. The molecule has 1 aliphatic rings. The van der Waals surface area contributed by atoms with Crippen molar-refractivity contribution in [2.75, 3.05) is 14.2 Å². The first-order valence-electron chi connectivity index (χ1n) is 7.07. The molecule has 0 saturated carbocycles. The Hall–Kier alpha value is -1.23. The number of ether oxygens (including phenoxy) is 1. The molecule has 2 aromatic rings. The van der Waals surface area contributed by atoms with Crippen molar-refractivity contribution >= 4 is 11.3 Å². The largest absolute Gasteiger partial charge is 0.380 e. The van der Waals surface area contributed by atoms with Crippen LogP contribution in [0.25, 0.3) is 10.6 Å². The summed E-state index contributed by atoms with van der Waals surface area (Å²) in [6.07, 6.45) is 3.56. The number of methoxy groups -OCH3 is 1. The maximum absolute atomic E-state index is 5.21. The third kappa shape index (κ3) is 2.64. The fourth-order valence-corrected chi connectivity index (χ4v) is 4.03. The van der Waals surface area contributed by atoms with E-state index in [1.54, 1.807) is 7.11 Å². The van der Waals surface area contributed by atoms with Gasteiger partial charge in [-0.15, -0.1) is 11.3 Å². The normalized spacial score (nSPS) is 18.0. The number of nitrogens with zero attached hydrogens (tertiary/aromatic N) is 1. The summed E-state index contributed by atoms with van der Waals surface area (Å²) in [4.78, 5) is 6.28. The number of fused-ring (bicyclic) bond motifs is 1. The van der Waals surface area contributed by atoms with Crippen LogP contribution in [0.15, 0.2) is 24.3 Å². The van der Waals surface area contributed by atoms with Crippen LogP contribution in [0.2, 0.25) is 0 Å². The SMILES string of the molecule is CNC1CCCc2nc(-c3cccc(COC)c3)sc21. The van der Waals surface area contributed by atoms with Crippen LogP contribution in [0.4, 0.5) is 0 Å². The number of aromatic nitrogens is 1. The highest BCUT2D eigenvalue weighted by Crippen LogP contribution is 2.37. The zero-order chi connectivity index (χ0) is 13.9. The average Bonchev–Trinajstić information content (AvgIpc) is 2.92. The van der Waals surface area contributed by atoms with Crippen molar-refractivity contribution in [3.63, 3.8) is 0 Å². The van der Waals surface area contributed by atoms with E-state index in [4.69, 9.17) is 9.72 Å². The molecule has 0 amide bonds. The zero-order valence-electron chi connectivity index (χ0n) is 12.0. The first-order valence-corrected chi connectivity index (χ1v) is 7.88. The molecule has 0 fully saturated rings. The number of aryl methyl sites for hydroxylation is 1. The molecule has 1 atom stereocenters. The fourth-order valence-electron chi connectivity index (χ4n) is 2.78. The van der Waals surface area contributed by atoms with Gasteiger partial charge in [-0.25, -0.2) is 4.98 Å².